The van der Waals surface area contributed by atoms with Crippen LogP contribution in [0.25, 0.3) is 11.1 Å². The molecule has 0 aliphatic carbocycles. The van der Waals surface area contributed by atoms with Crippen LogP contribution in [0.5, 0.6) is 0 Å². The Labute approximate surface area is 219 Å². The summed E-state index contributed by atoms with van der Waals surface area (Å²) in [6.45, 7) is 3.59. The number of rotatable bonds is 14. The molecule has 3 rings (SSSR count). The molecular formula is C26H29F3N4O4S. The fourth-order valence-electron chi connectivity index (χ4n) is 3.75. The lowest BCUT2D eigenvalue weighted by Crippen LogP contribution is -2.31. The number of hydrogen-bond acceptors (Lipinski definition) is 6. The van der Waals surface area contributed by atoms with Crippen molar-refractivity contribution in [2.75, 3.05) is 22.4 Å². The molecule has 1 heterocycles. The van der Waals surface area contributed by atoms with Crippen LogP contribution in [0.1, 0.15) is 50.2 Å². The van der Waals surface area contributed by atoms with E-state index in [4.69, 9.17) is 4.52 Å². The van der Waals surface area contributed by atoms with Crippen molar-refractivity contribution in [2.24, 2.45) is 0 Å². The Morgan fingerprint density at radius 2 is 1.82 bits per heavy atom. The van der Waals surface area contributed by atoms with Gasteiger partial charge in [-0.1, -0.05) is 42.4 Å². The minimum Gasteiger partial charge on any atom is -0.339 e. The van der Waals surface area contributed by atoms with E-state index in [2.05, 4.69) is 21.4 Å². The first kappa shape index (κ1) is 28.9. The van der Waals surface area contributed by atoms with E-state index in [9.17, 15) is 26.4 Å². The molecule has 1 N–H and O–H groups in total. The van der Waals surface area contributed by atoms with Gasteiger partial charge >= 0.3 is 6.43 Å². The molecule has 0 unspecified atom stereocenters. The van der Waals surface area contributed by atoms with Gasteiger partial charge in [-0.2, -0.15) is 4.98 Å². The lowest BCUT2D eigenvalue weighted by atomic mass is 10.0. The molecule has 204 valence electrons. The molecular weight excluding hydrogens is 521 g/mol. The van der Waals surface area contributed by atoms with Gasteiger partial charge in [0.05, 0.1) is 12.1 Å². The van der Waals surface area contributed by atoms with Gasteiger partial charge in [-0.25, -0.2) is 21.6 Å². The summed E-state index contributed by atoms with van der Waals surface area (Å²) in [5.74, 6) is -1.32. The van der Waals surface area contributed by atoms with Gasteiger partial charge in [0.1, 0.15) is 0 Å². The lowest BCUT2D eigenvalue weighted by molar-refractivity contribution is -0.118. The van der Waals surface area contributed by atoms with E-state index in [1.54, 1.807) is 41.3 Å². The molecule has 2 aromatic carbocycles. The molecule has 0 saturated heterocycles. The number of unbranched alkanes of at least 4 members (excludes halogenated alkanes) is 2. The maximum atomic E-state index is 13.2. The Balaban J connectivity index is 1.68. The predicted molar refractivity (Wildman–Crippen MR) is 139 cm³/mol. The van der Waals surface area contributed by atoms with Crippen molar-refractivity contribution in [1.29, 1.82) is 0 Å². The fraction of sp³-hybridized carbons (Fsp3) is 0.346. The van der Waals surface area contributed by atoms with E-state index in [1.807, 2.05) is 12.1 Å². The van der Waals surface area contributed by atoms with E-state index in [0.717, 1.165) is 17.4 Å². The molecule has 0 fully saturated rings. The van der Waals surface area contributed by atoms with E-state index in [-0.39, 0.29) is 24.6 Å². The number of hydrogen-bond donors (Lipinski definition) is 1. The highest BCUT2D eigenvalue weighted by Gasteiger charge is 2.18. The molecule has 12 heteroatoms. The number of alkyl halides is 2. The average molecular weight is 551 g/mol. The van der Waals surface area contributed by atoms with Crippen LogP contribution in [-0.4, -0.2) is 37.3 Å². The van der Waals surface area contributed by atoms with Gasteiger partial charge in [-0.3, -0.25) is 9.52 Å². The van der Waals surface area contributed by atoms with E-state index in [1.165, 1.54) is 0 Å². The summed E-state index contributed by atoms with van der Waals surface area (Å²) in [7, 11) is -3.39. The third-order valence-corrected chi connectivity index (χ3v) is 6.15. The van der Waals surface area contributed by atoms with Crippen LogP contribution in [0.2, 0.25) is 0 Å². The van der Waals surface area contributed by atoms with Gasteiger partial charge in [0.25, 0.3) is 0 Å². The minimum absolute atomic E-state index is 0.0379. The summed E-state index contributed by atoms with van der Waals surface area (Å²) >= 11 is 0. The second kappa shape index (κ2) is 13.2. The smallest absolute Gasteiger partial charge is 0.300 e. The van der Waals surface area contributed by atoms with Crippen LogP contribution in [0.3, 0.4) is 0 Å². The van der Waals surface area contributed by atoms with E-state index < -0.39 is 28.1 Å². The number of allylic oxidation sites excluding steroid dienone is 1. The largest absolute Gasteiger partial charge is 0.339 e. The van der Waals surface area contributed by atoms with Gasteiger partial charge in [-0.15, -0.1) is 0 Å². The number of nitrogens with one attached hydrogen (secondary N) is 1. The maximum Gasteiger partial charge on any atom is 0.300 e. The zero-order valence-corrected chi connectivity index (χ0v) is 21.7. The fourth-order valence-corrected chi connectivity index (χ4v) is 4.32. The summed E-state index contributed by atoms with van der Waals surface area (Å²) in [5.41, 5.74) is 2.70. The number of carbonyl (C=O) groups excluding carboxylic acids is 1. The van der Waals surface area contributed by atoms with Crippen LogP contribution in [0, 0.1) is 0 Å². The molecule has 0 atom stereocenters. The van der Waals surface area contributed by atoms with Gasteiger partial charge in [0.15, 0.2) is 0 Å². The first-order valence-corrected chi connectivity index (χ1v) is 13.8. The van der Waals surface area contributed by atoms with E-state index >= 15 is 0 Å². The van der Waals surface area contributed by atoms with Gasteiger partial charge in [-0.05, 0) is 48.2 Å². The quantitative estimate of drug-likeness (QED) is 0.245. The highest BCUT2D eigenvalue weighted by Crippen LogP contribution is 2.27. The number of carbonyl (C=O) groups is 1. The second-order valence-electron chi connectivity index (χ2n) is 8.72. The Morgan fingerprint density at radius 1 is 1.08 bits per heavy atom. The summed E-state index contributed by atoms with van der Waals surface area (Å²) in [6, 6.07) is 14.1. The van der Waals surface area contributed by atoms with Crippen molar-refractivity contribution in [2.45, 2.75) is 45.0 Å². The molecule has 0 aliphatic rings. The normalized spacial score (nSPS) is 11.5. The summed E-state index contributed by atoms with van der Waals surface area (Å²) in [4.78, 5) is 18.2. The molecule has 1 amide bonds. The van der Waals surface area contributed by atoms with Crippen molar-refractivity contribution in [3.05, 3.63) is 72.7 Å². The van der Waals surface area contributed by atoms with Gasteiger partial charge < -0.3 is 9.42 Å². The van der Waals surface area contributed by atoms with Gasteiger partial charge in [0.2, 0.25) is 27.6 Å². The van der Waals surface area contributed by atoms with Crippen LogP contribution in [-0.2, 0) is 21.2 Å². The molecule has 0 spiro atoms. The molecule has 38 heavy (non-hydrogen) atoms. The number of sulfonamides is 1. The number of nitrogens with zero attached hydrogens (tertiary/aromatic N) is 3. The van der Waals surface area contributed by atoms with Crippen molar-refractivity contribution in [3.8, 4) is 11.1 Å². The maximum absolute atomic E-state index is 13.2. The number of aromatic nitrogens is 2. The summed E-state index contributed by atoms with van der Waals surface area (Å²) in [6.07, 6.45) is 0.385. The monoisotopic (exact) mass is 550 g/mol. The second-order valence-corrected chi connectivity index (χ2v) is 10.5. The SMILES string of the molecule is C=C(F)CCC(=O)N(CCCCCc1nc(C(F)F)no1)c1cccc(-c2ccc(NS(C)(=O)=O)cc2)c1. The Kier molecular flexibility index (Phi) is 10.1. The number of aryl methyl sites for hydroxylation is 1. The van der Waals surface area contributed by atoms with Crippen molar-refractivity contribution >= 4 is 27.3 Å². The summed E-state index contributed by atoms with van der Waals surface area (Å²) in [5, 5.41) is 3.24. The topological polar surface area (TPSA) is 105 Å². The molecule has 1 aromatic heterocycles. The molecule has 3 aromatic rings. The highest BCUT2D eigenvalue weighted by atomic mass is 32.2. The van der Waals surface area contributed by atoms with Crippen LogP contribution < -0.4 is 9.62 Å². The zero-order valence-electron chi connectivity index (χ0n) is 20.9. The first-order valence-electron chi connectivity index (χ1n) is 11.9. The third-order valence-electron chi connectivity index (χ3n) is 5.54. The number of amides is 1. The van der Waals surface area contributed by atoms with E-state index in [0.29, 0.717) is 43.6 Å². The Bertz CT molecular complexity index is 1340. The lowest BCUT2D eigenvalue weighted by Gasteiger charge is -2.24. The van der Waals surface area contributed by atoms with Crippen LogP contribution >= 0.6 is 0 Å². The van der Waals surface area contributed by atoms with Gasteiger partial charge in [0, 0.05) is 37.2 Å². The average Bonchev–Trinajstić information content (AvgIpc) is 3.34. The van der Waals surface area contributed by atoms with Crippen molar-refractivity contribution in [3.63, 3.8) is 0 Å². The first-order chi connectivity index (χ1) is 18.0. The number of anilines is 2. The van der Waals surface area contributed by atoms with Crippen molar-refractivity contribution < 1.29 is 30.9 Å². The van der Waals surface area contributed by atoms with Crippen LogP contribution in [0.4, 0.5) is 24.5 Å². The highest BCUT2D eigenvalue weighted by molar-refractivity contribution is 7.92. The third kappa shape index (κ3) is 9.02. The Hall–Kier alpha value is -3.67. The molecule has 0 radical (unpaired) electrons. The minimum atomic E-state index is -3.39. The Morgan fingerprint density at radius 3 is 2.45 bits per heavy atom. The zero-order chi connectivity index (χ0) is 27.7. The number of benzene rings is 2. The molecule has 0 saturated carbocycles. The molecule has 8 nitrogen and oxygen atoms in total. The summed E-state index contributed by atoms with van der Waals surface area (Å²) < 4.78 is 68.6. The van der Waals surface area contributed by atoms with Crippen molar-refractivity contribution in [1.82, 2.24) is 10.1 Å². The predicted octanol–water partition coefficient (Wildman–Crippen LogP) is 6.06. The molecule has 0 bridgehead atoms. The van der Waals surface area contributed by atoms with Crippen LogP contribution in [0.15, 0.2) is 65.5 Å². The number of halogens is 3. The molecule has 0 aliphatic heterocycles. The standard InChI is InChI=1S/C26H29F3N4O4S/c1-18(27)10-15-24(34)33(16-5-3-4-9-23-30-26(25(28)29)31-37-23)22-8-6-7-20(17-22)19-11-13-21(14-12-19)32-38(2,35)36/h6-8,11-14,17,25,32H,1,3-5,9-10,15-16H2,2H3.